The quantitative estimate of drug-likeness (QED) is 0.0348. The topological polar surface area (TPSA) is 61.8 Å². The van der Waals surface area contributed by atoms with Gasteiger partial charge in [0.05, 0.1) is 6.61 Å². The Kier molecular flexibility index (Phi) is 47.1. The third kappa shape index (κ3) is 47.2. The molecule has 0 aliphatic heterocycles. The highest BCUT2D eigenvalue weighted by molar-refractivity contribution is 5.70. The van der Waals surface area contributed by atoms with Gasteiger partial charge in [0.15, 0.2) is 6.10 Å². The Hall–Kier alpha value is -3.44. The molecule has 0 heterocycles. The molecule has 60 heavy (non-hydrogen) atoms. The van der Waals surface area contributed by atoms with Crippen molar-refractivity contribution in [1.82, 2.24) is 0 Å². The minimum Gasteiger partial charge on any atom is -0.462 e. The van der Waals surface area contributed by atoms with Crippen molar-refractivity contribution in [2.75, 3.05) is 19.8 Å². The zero-order valence-electron chi connectivity index (χ0n) is 38.9. The van der Waals surface area contributed by atoms with Crippen molar-refractivity contribution < 1.29 is 23.8 Å². The summed E-state index contributed by atoms with van der Waals surface area (Å²) in [5.74, 6) is -0.484. The third-order valence-corrected chi connectivity index (χ3v) is 9.80. The van der Waals surface area contributed by atoms with Gasteiger partial charge in [-0.25, -0.2) is 0 Å². The number of carbonyl (C=O) groups is 2. The van der Waals surface area contributed by atoms with E-state index in [1.54, 1.807) is 0 Å². The van der Waals surface area contributed by atoms with Crippen molar-refractivity contribution in [1.29, 1.82) is 0 Å². The van der Waals surface area contributed by atoms with E-state index in [-0.39, 0.29) is 25.2 Å². The molecule has 0 rings (SSSR count). The van der Waals surface area contributed by atoms with Crippen LogP contribution in [0, 0.1) is 0 Å². The Balaban J connectivity index is 4.25. The highest BCUT2D eigenvalue weighted by atomic mass is 16.6. The Morgan fingerprint density at radius 2 is 0.767 bits per heavy atom. The first-order chi connectivity index (χ1) is 29.6. The second-order valence-electron chi connectivity index (χ2n) is 15.6. The molecule has 0 saturated carbocycles. The molecule has 0 amide bonds. The Morgan fingerprint density at radius 1 is 0.383 bits per heavy atom. The van der Waals surface area contributed by atoms with Gasteiger partial charge in [-0.15, -0.1) is 0 Å². The van der Waals surface area contributed by atoms with Crippen LogP contribution < -0.4 is 0 Å². The fourth-order valence-corrected chi connectivity index (χ4v) is 6.24. The summed E-state index contributed by atoms with van der Waals surface area (Å²) in [6.07, 6.45) is 68.3. The van der Waals surface area contributed by atoms with Crippen LogP contribution in [0.25, 0.3) is 0 Å². The summed E-state index contributed by atoms with van der Waals surface area (Å²) in [4.78, 5) is 25.2. The van der Waals surface area contributed by atoms with Gasteiger partial charge in [0, 0.05) is 19.4 Å². The number of hydrogen-bond acceptors (Lipinski definition) is 5. The molecule has 0 saturated heterocycles. The zero-order chi connectivity index (χ0) is 43.5. The first kappa shape index (κ1) is 56.6. The number of carbonyl (C=O) groups excluding carboxylic acids is 2. The number of ether oxygens (including phenoxy) is 3. The Labute approximate surface area is 370 Å². The minimum atomic E-state index is -0.567. The largest absolute Gasteiger partial charge is 0.462 e. The molecule has 0 bridgehead atoms. The molecule has 1 unspecified atom stereocenters. The van der Waals surface area contributed by atoms with Gasteiger partial charge in [0.1, 0.15) is 6.61 Å². The second-order valence-corrected chi connectivity index (χ2v) is 15.6. The van der Waals surface area contributed by atoms with Crippen molar-refractivity contribution in [2.24, 2.45) is 0 Å². The lowest BCUT2D eigenvalue weighted by molar-refractivity contribution is -0.163. The average Bonchev–Trinajstić information content (AvgIpc) is 3.25. The van der Waals surface area contributed by atoms with E-state index in [0.717, 1.165) is 109 Å². The zero-order valence-corrected chi connectivity index (χ0v) is 38.9. The fourth-order valence-electron chi connectivity index (χ4n) is 6.24. The number of rotatable bonds is 43. The van der Waals surface area contributed by atoms with E-state index >= 15 is 0 Å². The van der Waals surface area contributed by atoms with Crippen LogP contribution in [0.1, 0.15) is 201 Å². The Bertz CT molecular complexity index is 1210. The van der Waals surface area contributed by atoms with Crippen LogP contribution in [0.15, 0.2) is 109 Å². The molecule has 340 valence electrons. The lowest BCUT2D eigenvalue weighted by atomic mass is 10.1. The van der Waals surface area contributed by atoms with E-state index in [2.05, 4.69) is 130 Å². The summed E-state index contributed by atoms with van der Waals surface area (Å²) in [5, 5.41) is 0. The van der Waals surface area contributed by atoms with Crippen molar-refractivity contribution >= 4 is 11.9 Å². The third-order valence-electron chi connectivity index (χ3n) is 9.80. The van der Waals surface area contributed by atoms with E-state index < -0.39 is 6.10 Å². The van der Waals surface area contributed by atoms with Gasteiger partial charge in [0.2, 0.25) is 0 Å². The lowest BCUT2D eigenvalue weighted by Gasteiger charge is -2.18. The predicted octanol–water partition coefficient (Wildman–Crippen LogP) is 16.4. The molecular weight excluding hydrogens is 741 g/mol. The van der Waals surface area contributed by atoms with Crippen LogP contribution in [-0.4, -0.2) is 37.9 Å². The van der Waals surface area contributed by atoms with Crippen molar-refractivity contribution in [2.45, 2.75) is 207 Å². The highest BCUT2D eigenvalue weighted by Gasteiger charge is 2.17. The van der Waals surface area contributed by atoms with E-state index in [9.17, 15) is 9.59 Å². The first-order valence-corrected chi connectivity index (χ1v) is 24.4. The second kappa shape index (κ2) is 49.9. The van der Waals surface area contributed by atoms with Crippen LogP contribution in [0.2, 0.25) is 0 Å². The first-order valence-electron chi connectivity index (χ1n) is 24.4. The van der Waals surface area contributed by atoms with Crippen LogP contribution in [0.3, 0.4) is 0 Å². The molecule has 0 aliphatic carbocycles. The van der Waals surface area contributed by atoms with Gasteiger partial charge in [-0.3, -0.25) is 9.59 Å². The lowest BCUT2D eigenvalue weighted by Crippen LogP contribution is -2.30. The van der Waals surface area contributed by atoms with E-state index in [1.807, 2.05) is 0 Å². The smallest absolute Gasteiger partial charge is 0.306 e. The molecule has 0 fully saturated rings. The maximum absolute atomic E-state index is 12.7. The predicted molar refractivity (Wildman–Crippen MR) is 260 cm³/mol. The summed E-state index contributed by atoms with van der Waals surface area (Å²) in [7, 11) is 0. The fraction of sp³-hybridized carbons (Fsp3) is 0.636. The van der Waals surface area contributed by atoms with Gasteiger partial charge in [-0.05, 0) is 96.3 Å². The molecule has 0 radical (unpaired) electrons. The summed E-state index contributed by atoms with van der Waals surface area (Å²) < 4.78 is 17.2. The maximum Gasteiger partial charge on any atom is 0.306 e. The molecule has 0 aromatic heterocycles. The Morgan fingerprint density at radius 3 is 1.25 bits per heavy atom. The summed E-state index contributed by atoms with van der Waals surface area (Å²) in [6, 6.07) is 0. The molecule has 5 nitrogen and oxygen atoms in total. The molecular formula is C55H90O5. The monoisotopic (exact) mass is 831 g/mol. The average molecular weight is 831 g/mol. The van der Waals surface area contributed by atoms with Gasteiger partial charge >= 0.3 is 11.9 Å². The van der Waals surface area contributed by atoms with Crippen LogP contribution in [0.5, 0.6) is 0 Å². The number of esters is 2. The van der Waals surface area contributed by atoms with E-state index in [0.29, 0.717) is 19.4 Å². The molecule has 5 heteroatoms. The molecule has 0 aliphatic rings. The molecule has 0 aromatic rings. The SMILES string of the molecule is CC/C=C\C/C=C\C/C=C\C/C=C\C/C=C\CCCC(=O)OCC(COCCCCCCCCC/C=C\C/C=C\C/C=C\C/C=C\CC)OC(=O)CCCCCCCCC. The maximum atomic E-state index is 12.7. The summed E-state index contributed by atoms with van der Waals surface area (Å²) in [5.41, 5.74) is 0. The van der Waals surface area contributed by atoms with Crippen LogP contribution >= 0.6 is 0 Å². The molecule has 0 aromatic carbocycles. The van der Waals surface area contributed by atoms with Crippen LogP contribution in [0.4, 0.5) is 0 Å². The van der Waals surface area contributed by atoms with Crippen LogP contribution in [-0.2, 0) is 23.8 Å². The van der Waals surface area contributed by atoms with Gasteiger partial charge < -0.3 is 14.2 Å². The highest BCUT2D eigenvalue weighted by Crippen LogP contribution is 2.12. The van der Waals surface area contributed by atoms with E-state index in [1.165, 1.54) is 57.8 Å². The normalized spacial score (nSPS) is 13.2. The van der Waals surface area contributed by atoms with Gasteiger partial charge in [0.25, 0.3) is 0 Å². The minimum absolute atomic E-state index is 0.0458. The van der Waals surface area contributed by atoms with Crippen molar-refractivity contribution in [3.05, 3.63) is 109 Å². The van der Waals surface area contributed by atoms with Crippen molar-refractivity contribution in [3.63, 3.8) is 0 Å². The van der Waals surface area contributed by atoms with E-state index in [4.69, 9.17) is 14.2 Å². The van der Waals surface area contributed by atoms with Crippen molar-refractivity contribution in [3.8, 4) is 0 Å². The van der Waals surface area contributed by atoms with Gasteiger partial charge in [-0.2, -0.15) is 0 Å². The number of allylic oxidation sites excluding steroid dienone is 18. The standard InChI is InChI=1S/C55H90O5/c1-4-7-10-13-16-18-20-22-24-26-27-28-30-32-34-36-38-41-44-47-50-58-51-53(60-55(57)49-46-43-39-15-12-9-6-3)52-59-54(56)48-45-42-40-37-35-33-31-29-25-23-21-19-17-14-11-8-5-2/h7-8,10-11,16-19,22-25,27-28,31,33,37,40,53H,4-6,9,12-15,20-21,26,29-30,32,34-36,38-39,41-52H2,1-3H3/b10-7-,11-8-,18-16-,19-17-,24-22-,25-23-,28-27-,33-31-,40-37-. The summed E-state index contributed by atoms with van der Waals surface area (Å²) >= 11 is 0. The van der Waals surface area contributed by atoms with Gasteiger partial charge in [-0.1, -0.05) is 201 Å². The molecule has 0 spiro atoms. The molecule has 0 N–H and O–H groups in total. The number of hydrogen-bond donors (Lipinski definition) is 0. The summed E-state index contributed by atoms with van der Waals surface area (Å²) in [6.45, 7) is 7.46. The number of unbranched alkanes of at least 4 members (excludes halogenated alkanes) is 14. The molecule has 1 atom stereocenters.